The molecule has 25 heavy (non-hydrogen) atoms. The topological polar surface area (TPSA) is 37.3 Å². The largest absolute Gasteiger partial charge is 0.378 e. The van der Waals surface area contributed by atoms with Gasteiger partial charge in [0.25, 0.3) is 0 Å². The molecule has 1 N–H and O–H groups in total. The Hall–Kier alpha value is -0.520. The van der Waals surface area contributed by atoms with E-state index in [4.69, 9.17) is 11.6 Å². The van der Waals surface area contributed by atoms with Crippen molar-refractivity contribution in [3.63, 3.8) is 0 Å². The van der Waals surface area contributed by atoms with Crippen LogP contribution < -0.4 is 0 Å². The van der Waals surface area contributed by atoms with Crippen LogP contribution in [0.25, 0.3) is 0 Å². The maximum Gasteiger partial charge on any atom is 0.133 e. The normalized spacial score (nSPS) is 51.5. The third-order valence-electron chi connectivity index (χ3n) is 8.78. The van der Waals surface area contributed by atoms with Crippen molar-refractivity contribution in [2.75, 3.05) is 0 Å². The van der Waals surface area contributed by atoms with E-state index >= 15 is 0 Å². The molecule has 3 heteroatoms. The first-order chi connectivity index (χ1) is 11.9. The van der Waals surface area contributed by atoms with Crippen molar-refractivity contribution in [3.05, 3.63) is 0 Å². The molecule has 2 nitrogen and oxygen atoms in total. The van der Waals surface area contributed by atoms with Crippen LogP contribution in [0, 0.1) is 52.2 Å². The molecule has 4 aliphatic rings. The van der Waals surface area contributed by atoms with E-state index < -0.39 is 5.60 Å². The van der Waals surface area contributed by atoms with Gasteiger partial charge in [-0.2, -0.15) is 0 Å². The summed E-state index contributed by atoms with van der Waals surface area (Å²) in [7, 11) is 0. The van der Waals surface area contributed by atoms with Gasteiger partial charge in [-0.15, -0.1) is 0 Å². The predicted molar refractivity (Wildman–Crippen MR) is 99.9 cm³/mol. The lowest BCUT2D eigenvalue weighted by Crippen LogP contribution is -2.51. The highest BCUT2D eigenvalue weighted by Gasteiger charge is 2.58. The minimum atomic E-state index is -0.855. The number of carbonyl (C=O) groups is 1. The van der Waals surface area contributed by atoms with Gasteiger partial charge in [-0.05, 0) is 111 Å². The van der Waals surface area contributed by atoms with Gasteiger partial charge in [0.2, 0.25) is 0 Å². The Balaban J connectivity index is 1.53. The van der Waals surface area contributed by atoms with Gasteiger partial charge in [0.1, 0.15) is 11.4 Å². The molecule has 0 saturated heterocycles. The van der Waals surface area contributed by atoms with Gasteiger partial charge in [0, 0.05) is 11.3 Å². The number of halogens is 1. The van der Waals surface area contributed by atoms with Crippen molar-refractivity contribution >= 4 is 17.4 Å². The number of ketones is 1. The fraction of sp³-hybridized carbons (Fsp3) is 0.864. The monoisotopic (exact) mass is 362 g/mol. The number of hydrogen-bond acceptors (Lipinski definition) is 2. The lowest BCUT2D eigenvalue weighted by Gasteiger charge is -2.56. The number of rotatable bonds is 1. The lowest BCUT2D eigenvalue weighted by atomic mass is 9.49. The van der Waals surface area contributed by atoms with Crippen LogP contribution in [0.3, 0.4) is 0 Å². The second-order valence-electron chi connectivity index (χ2n) is 9.71. The number of carbonyl (C=O) groups excluding carboxylic acids is 1. The molecule has 0 unspecified atom stereocenters. The van der Waals surface area contributed by atoms with Gasteiger partial charge in [-0.25, -0.2) is 0 Å². The molecule has 4 saturated carbocycles. The molecule has 0 radical (unpaired) electrons. The summed E-state index contributed by atoms with van der Waals surface area (Å²) in [5.41, 5.74) is -0.606. The van der Waals surface area contributed by atoms with Crippen molar-refractivity contribution in [1.29, 1.82) is 0 Å². The van der Waals surface area contributed by atoms with Crippen molar-refractivity contribution in [1.82, 2.24) is 0 Å². The van der Waals surface area contributed by atoms with E-state index in [1.54, 1.807) is 6.92 Å². The SMILES string of the molecule is CC(=O)[C@H]1CC[C@H]2[C@@H]3CC[C@@H]4C[C@@](O)(C#CCl)CC[C@@H]4[C@H]3CC[C@]12C. The van der Waals surface area contributed by atoms with Crippen LogP contribution >= 0.6 is 11.6 Å². The molecule has 0 spiro atoms. The first kappa shape index (κ1) is 17.9. The Bertz CT molecular complexity index is 619. The smallest absolute Gasteiger partial charge is 0.133 e. The summed E-state index contributed by atoms with van der Waals surface area (Å²) in [6, 6.07) is 0. The molecule has 0 aliphatic heterocycles. The second kappa shape index (κ2) is 6.28. The van der Waals surface area contributed by atoms with Crippen molar-refractivity contribution in [3.8, 4) is 11.3 Å². The Morgan fingerprint density at radius 3 is 2.52 bits per heavy atom. The first-order valence-electron chi connectivity index (χ1n) is 10.2. The van der Waals surface area contributed by atoms with Crippen LogP contribution in [0.5, 0.6) is 0 Å². The average Bonchev–Trinajstić information content (AvgIpc) is 2.91. The highest BCUT2D eigenvalue weighted by atomic mass is 35.5. The summed E-state index contributed by atoms with van der Waals surface area (Å²) in [5, 5.41) is 13.1. The predicted octanol–water partition coefficient (Wildman–Crippen LogP) is 4.78. The fourth-order valence-corrected chi connectivity index (χ4v) is 7.92. The fourth-order valence-electron chi connectivity index (χ4n) is 7.75. The minimum Gasteiger partial charge on any atom is -0.378 e. The van der Waals surface area contributed by atoms with Gasteiger partial charge in [-0.3, -0.25) is 4.79 Å². The highest BCUT2D eigenvalue weighted by molar-refractivity contribution is 6.30. The van der Waals surface area contributed by atoms with Crippen molar-refractivity contribution in [2.45, 2.75) is 77.2 Å². The van der Waals surface area contributed by atoms with E-state index in [0.717, 1.165) is 49.4 Å². The molecule has 8 atom stereocenters. The summed E-state index contributed by atoms with van der Waals surface area (Å²) in [4.78, 5) is 12.2. The standard InChI is InChI=1S/C22H31ClO2/c1-14(24)19-5-6-20-18-4-3-15-13-22(25,11-12-23)10-8-16(15)17(18)7-9-21(19,20)2/h15-20,25H,3-10,13H2,1-2H3/t15-,16+,17-,18-,19-,20+,21-,22+/m1/s1. The Morgan fingerprint density at radius 2 is 1.80 bits per heavy atom. The third kappa shape index (κ3) is 2.78. The van der Waals surface area contributed by atoms with Crippen LogP contribution in [0.4, 0.5) is 0 Å². The molecule has 0 aromatic heterocycles. The summed E-state index contributed by atoms with van der Waals surface area (Å²) >= 11 is 5.58. The molecule has 0 bridgehead atoms. The molecule has 4 rings (SSSR count). The molecule has 4 aliphatic carbocycles. The van der Waals surface area contributed by atoms with Crippen LogP contribution in [-0.4, -0.2) is 16.5 Å². The highest BCUT2D eigenvalue weighted by Crippen LogP contribution is 2.64. The van der Waals surface area contributed by atoms with Crippen LogP contribution in [0.15, 0.2) is 0 Å². The maximum absolute atomic E-state index is 12.2. The average molecular weight is 363 g/mol. The zero-order valence-electron chi connectivity index (χ0n) is 15.6. The molecule has 0 heterocycles. The van der Waals surface area contributed by atoms with Crippen molar-refractivity contribution in [2.24, 2.45) is 40.9 Å². The van der Waals surface area contributed by atoms with Gasteiger partial charge in [-0.1, -0.05) is 12.8 Å². The summed E-state index contributed by atoms with van der Waals surface area (Å²) in [5.74, 6) is 7.27. The van der Waals surface area contributed by atoms with Crippen LogP contribution in [0.2, 0.25) is 0 Å². The summed E-state index contributed by atoms with van der Waals surface area (Å²) < 4.78 is 0. The minimum absolute atomic E-state index is 0.249. The maximum atomic E-state index is 12.2. The number of aliphatic hydroxyl groups is 1. The van der Waals surface area contributed by atoms with Crippen molar-refractivity contribution < 1.29 is 9.90 Å². The van der Waals surface area contributed by atoms with E-state index in [9.17, 15) is 9.90 Å². The number of hydrogen-bond donors (Lipinski definition) is 1. The Kier molecular flexibility index (Phi) is 4.49. The van der Waals surface area contributed by atoms with E-state index in [0.29, 0.717) is 17.6 Å². The number of fused-ring (bicyclic) bond motifs is 5. The van der Waals surface area contributed by atoms with Gasteiger partial charge >= 0.3 is 0 Å². The van der Waals surface area contributed by atoms with Gasteiger partial charge < -0.3 is 5.11 Å². The molecule has 0 aromatic rings. The molecule has 4 fully saturated rings. The zero-order valence-corrected chi connectivity index (χ0v) is 16.3. The van der Waals surface area contributed by atoms with E-state index in [1.807, 2.05) is 0 Å². The molecule has 0 amide bonds. The summed E-state index contributed by atoms with van der Waals surface area (Å²) in [6.45, 7) is 4.22. The molecule has 0 aromatic carbocycles. The number of Topliss-reactive ketones (excluding diaryl/α,β-unsaturated/α-hetero) is 1. The first-order valence-corrected chi connectivity index (χ1v) is 10.6. The molecular weight excluding hydrogens is 332 g/mol. The zero-order chi connectivity index (χ0) is 17.8. The lowest BCUT2D eigenvalue weighted by molar-refractivity contribution is -0.129. The summed E-state index contributed by atoms with van der Waals surface area (Å²) in [6.07, 6.45) is 10.0. The van der Waals surface area contributed by atoms with Crippen LogP contribution in [0.1, 0.15) is 71.6 Å². The molecule has 138 valence electrons. The van der Waals surface area contributed by atoms with Crippen LogP contribution in [-0.2, 0) is 4.79 Å². The Morgan fingerprint density at radius 1 is 1.04 bits per heavy atom. The van der Waals surface area contributed by atoms with E-state index in [-0.39, 0.29) is 5.41 Å². The molecular formula is C22H31ClO2. The van der Waals surface area contributed by atoms with E-state index in [1.165, 1.54) is 32.1 Å². The van der Waals surface area contributed by atoms with Gasteiger partial charge in [0.05, 0.1) is 0 Å². The van der Waals surface area contributed by atoms with Gasteiger partial charge in [0.15, 0.2) is 0 Å². The third-order valence-corrected chi connectivity index (χ3v) is 8.88. The second-order valence-corrected chi connectivity index (χ2v) is 9.90. The quantitative estimate of drug-likeness (QED) is 0.682. The Labute approximate surface area is 157 Å². The van der Waals surface area contributed by atoms with E-state index in [2.05, 4.69) is 18.2 Å².